The highest BCUT2D eigenvalue weighted by Gasteiger charge is 1.90. The third kappa shape index (κ3) is 14.2. The summed E-state index contributed by atoms with van der Waals surface area (Å²) in [5, 5.41) is 9.71. The topological polar surface area (TPSA) is 20.2 Å². The monoisotopic (exact) mass is 276 g/mol. The van der Waals surface area contributed by atoms with Crippen molar-refractivity contribution in [2.45, 2.75) is 57.8 Å². The van der Waals surface area contributed by atoms with Crippen LogP contribution in [0.25, 0.3) is 0 Å². The molecule has 2 heteroatoms. The standard InChI is InChI=1S/C13H25BrO/c14-12-10-8-6-4-2-1-3-5-7-9-11-13-15/h7,9,15H,1-6,8,10-13H2/b9-7-. The van der Waals surface area contributed by atoms with Gasteiger partial charge in [-0.05, 0) is 25.7 Å². The molecule has 0 spiro atoms. The lowest BCUT2D eigenvalue weighted by molar-refractivity contribution is 0.302. The number of aliphatic hydroxyl groups excluding tert-OH is 1. The normalized spacial score (nSPS) is 11.3. The Morgan fingerprint density at radius 1 is 0.733 bits per heavy atom. The molecule has 90 valence electrons. The zero-order valence-electron chi connectivity index (χ0n) is 9.76. The van der Waals surface area contributed by atoms with E-state index in [1.54, 1.807) is 0 Å². The molecule has 0 heterocycles. The molecule has 0 rings (SSSR count). The van der Waals surface area contributed by atoms with E-state index in [1.165, 1.54) is 51.4 Å². The number of allylic oxidation sites excluding steroid dienone is 1. The number of halogens is 1. The number of hydrogen-bond acceptors (Lipinski definition) is 1. The van der Waals surface area contributed by atoms with E-state index in [9.17, 15) is 0 Å². The van der Waals surface area contributed by atoms with Crippen molar-refractivity contribution < 1.29 is 5.11 Å². The average Bonchev–Trinajstić information content (AvgIpc) is 2.26. The summed E-state index contributed by atoms with van der Waals surface area (Å²) in [6, 6.07) is 0. The van der Waals surface area contributed by atoms with Gasteiger partial charge in [0.15, 0.2) is 0 Å². The lowest BCUT2D eigenvalue weighted by Crippen LogP contribution is -1.81. The largest absolute Gasteiger partial charge is 0.396 e. The van der Waals surface area contributed by atoms with Crippen molar-refractivity contribution in [1.29, 1.82) is 0 Å². The summed E-state index contributed by atoms with van der Waals surface area (Å²) < 4.78 is 0. The first kappa shape index (κ1) is 15.2. The lowest BCUT2D eigenvalue weighted by atomic mass is 10.1. The highest BCUT2D eigenvalue weighted by Crippen LogP contribution is 2.09. The molecule has 0 fully saturated rings. The smallest absolute Gasteiger partial charge is 0.0465 e. The molecule has 1 N–H and O–H groups in total. The van der Waals surface area contributed by atoms with Crippen molar-refractivity contribution in [2.24, 2.45) is 0 Å². The molecule has 0 aromatic rings. The average molecular weight is 277 g/mol. The SMILES string of the molecule is OCC/C=C\CCCCCCCCCBr. The predicted octanol–water partition coefficient (Wildman–Crippen LogP) is 4.44. The Morgan fingerprint density at radius 2 is 1.27 bits per heavy atom. The summed E-state index contributed by atoms with van der Waals surface area (Å²) in [6.45, 7) is 0.282. The third-order valence-electron chi connectivity index (χ3n) is 2.47. The Kier molecular flexibility index (Phi) is 14.4. The molecule has 1 nitrogen and oxygen atoms in total. The molecule has 0 saturated carbocycles. The van der Waals surface area contributed by atoms with Gasteiger partial charge in [0.2, 0.25) is 0 Å². The van der Waals surface area contributed by atoms with Gasteiger partial charge in [-0.15, -0.1) is 0 Å². The molecule has 0 atom stereocenters. The maximum Gasteiger partial charge on any atom is 0.0465 e. The first-order valence-corrected chi connectivity index (χ1v) is 7.35. The van der Waals surface area contributed by atoms with Crippen LogP contribution >= 0.6 is 15.9 Å². The van der Waals surface area contributed by atoms with Crippen LogP contribution in [0.15, 0.2) is 12.2 Å². The van der Waals surface area contributed by atoms with Crippen molar-refractivity contribution >= 4 is 15.9 Å². The van der Waals surface area contributed by atoms with Gasteiger partial charge < -0.3 is 5.11 Å². The van der Waals surface area contributed by atoms with Crippen LogP contribution in [0, 0.1) is 0 Å². The second-order valence-corrected chi connectivity index (χ2v) is 4.73. The van der Waals surface area contributed by atoms with E-state index in [0.29, 0.717) is 0 Å². The van der Waals surface area contributed by atoms with Crippen LogP contribution in [0.3, 0.4) is 0 Å². The van der Waals surface area contributed by atoms with Crippen LogP contribution in [0.1, 0.15) is 57.8 Å². The molecule has 0 saturated heterocycles. The van der Waals surface area contributed by atoms with Crippen molar-refractivity contribution in [3.63, 3.8) is 0 Å². The van der Waals surface area contributed by atoms with Gasteiger partial charge in [-0.2, -0.15) is 0 Å². The van der Waals surface area contributed by atoms with E-state index in [-0.39, 0.29) is 6.61 Å². The fourth-order valence-electron chi connectivity index (χ4n) is 1.55. The van der Waals surface area contributed by atoms with Gasteiger partial charge in [0, 0.05) is 11.9 Å². The number of aliphatic hydroxyl groups is 1. The van der Waals surface area contributed by atoms with E-state index in [2.05, 4.69) is 28.1 Å². The Bertz CT molecular complexity index is 134. The number of alkyl halides is 1. The molecule has 0 aliphatic heterocycles. The summed E-state index contributed by atoms with van der Waals surface area (Å²) in [4.78, 5) is 0. The molecular formula is C13H25BrO. The minimum atomic E-state index is 0.282. The molecule has 0 amide bonds. The second-order valence-electron chi connectivity index (χ2n) is 3.94. The van der Waals surface area contributed by atoms with Gasteiger partial charge in [-0.25, -0.2) is 0 Å². The van der Waals surface area contributed by atoms with E-state index >= 15 is 0 Å². The third-order valence-corrected chi connectivity index (χ3v) is 3.03. The second kappa shape index (κ2) is 14.2. The van der Waals surface area contributed by atoms with Crippen molar-refractivity contribution in [3.8, 4) is 0 Å². The zero-order chi connectivity index (χ0) is 11.2. The maximum atomic E-state index is 8.56. The summed E-state index contributed by atoms with van der Waals surface area (Å²) >= 11 is 3.45. The molecule has 0 aromatic carbocycles. The van der Waals surface area contributed by atoms with Crippen LogP contribution in [0.4, 0.5) is 0 Å². The fraction of sp³-hybridized carbons (Fsp3) is 0.846. The highest BCUT2D eigenvalue weighted by molar-refractivity contribution is 9.09. The summed E-state index contributed by atoms with van der Waals surface area (Å²) in [5.41, 5.74) is 0. The van der Waals surface area contributed by atoms with Gasteiger partial charge >= 0.3 is 0 Å². The molecule has 0 aliphatic carbocycles. The van der Waals surface area contributed by atoms with E-state index in [4.69, 9.17) is 5.11 Å². The Labute approximate surface area is 103 Å². The van der Waals surface area contributed by atoms with Crippen LogP contribution in [0.5, 0.6) is 0 Å². The van der Waals surface area contributed by atoms with Gasteiger partial charge in [0.05, 0.1) is 0 Å². The van der Waals surface area contributed by atoms with Gasteiger partial charge in [-0.1, -0.05) is 60.2 Å². The Morgan fingerprint density at radius 3 is 1.87 bits per heavy atom. The minimum absolute atomic E-state index is 0.282. The van der Waals surface area contributed by atoms with E-state index in [0.717, 1.165) is 11.8 Å². The summed E-state index contributed by atoms with van der Waals surface area (Å²) in [6.07, 6.45) is 15.8. The maximum absolute atomic E-state index is 8.56. The highest BCUT2D eigenvalue weighted by atomic mass is 79.9. The van der Waals surface area contributed by atoms with Crippen molar-refractivity contribution in [2.75, 3.05) is 11.9 Å². The van der Waals surface area contributed by atoms with Crippen LogP contribution in [0.2, 0.25) is 0 Å². The minimum Gasteiger partial charge on any atom is -0.396 e. The molecule has 0 bridgehead atoms. The summed E-state index contributed by atoms with van der Waals surface area (Å²) in [5.74, 6) is 0. The first-order chi connectivity index (χ1) is 7.41. The van der Waals surface area contributed by atoms with E-state index < -0.39 is 0 Å². The Hall–Kier alpha value is 0.180. The van der Waals surface area contributed by atoms with Crippen LogP contribution in [-0.4, -0.2) is 17.0 Å². The number of rotatable bonds is 11. The molecule has 0 aliphatic rings. The first-order valence-electron chi connectivity index (χ1n) is 6.23. The van der Waals surface area contributed by atoms with Gasteiger partial charge in [0.25, 0.3) is 0 Å². The fourth-order valence-corrected chi connectivity index (χ4v) is 1.95. The summed E-state index contributed by atoms with van der Waals surface area (Å²) in [7, 11) is 0. The van der Waals surface area contributed by atoms with Crippen LogP contribution in [-0.2, 0) is 0 Å². The molecule has 0 aromatic heterocycles. The quantitative estimate of drug-likeness (QED) is 0.336. The van der Waals surface area contributed by atoms with Gasteiger partial charge in [-0.3, -0.25) is 0 Å². The number of unbranched alkanes of at least 4 members (excludes halogenated alkanes) is 7. The van der Waals surface area contributed by atoms with Crippen LogP contribution < -0.4 is 0 Å². The van der Waals surface area contributed by atoms with Crippen molar-refractivity contribution in [3.05, 3.63) is 12.2 Å². The van der Waals surface area contributed by atoms with Gasteiger partial charge in [0.1, 0.15) is 0 Å². The predicted molar refractivity (Wildman–Crippen MR) is 71.6 cm³/mol. The Balaban J connectivity index is 2.92. The zero-order valence-corrected chi connectivity index (χ0v) is 11.3. The van der Waals surface area contributed by atoms with E-state index in [1.807, 2.05) is 0 Å². The molecule has 15 heavy (non-hydrogen) atoms. The molecule has 0 unspecified atom stereocenters. The van der Waals surface area contributed by atoms with Crippen molar-refractivity contribution in [1.82, 2.24) is 0 Å². The molecule has 0 radical (unpaired) electrons. The lowest BCUT2D eigenvalue weighted by Gasteiger charge is -1.99. The molecular weight excluding hydrogens is 252 g/mol. The number of hydrogen-bond donors (Lipinski definition) is 1.